The van der Waals surface area contributed by atoms with Gasteiger partial charge in [0.1, 0.15) is 4.32 Å². The topological polar surface area (TPSA) is 72.2 Å². The molecule has 0 aromatic heterocycles. The number of hydrogen-bond acceptors (Lipinski definition) is 4. The van der Waals surface area contributed by atoms with Crippen molar-refractivity contribution in [1.82, 2.24) is 4.72 Å². The van der Waals surface area contributed by atoms with E-state index < -0.39 is 10.0 Å². The number of hydrogen-bond donors (Lipinski definition) is 3. The number of nitrogens with two attached hydrogens (primary N) is 1. The number of benzene rings is 1. The molecular weight excluding hydrogens is 240 g/mol. The maximum atomic E-state index is 11.5. The van der Waals surface area contributed by atoms with Crippen molar-refractivity contribution in [2.45, 2.75) is 4.90 Å². The lowest BCUT2D eigenvalue weighted by Gasteiger charge is -2.05. The second-order valence-corrected chi connectivity index (χ2v) is 5.32. The maximum absolute atomic E-state index is 11.5. The van der Waals surface area contributed by atoms with Crippen molar-refractivity contribution >= 4 is 44.9 Å². The van der Waals surface area contributed by atoms with Gasteiger partial charge in [0.15, 0.2) is 0 Å². The summed E-state index contributed by atoms with van der Waals surface area (Å²) in [6.07, 6.45) is 0. The Balaban J connectivity index is 3.05. The molecule has 76 valence electrons. The molecule has 0 fully saturated rings. The van der Waals surface area contributed by atoms with Crippen LogP contribution in [0, 0.1) is 0 Å². The number of nitrogen functional groups attached to an aromatic ring is 1. The normalized spacial score (nSPS) is 10.9. The Morgan fingerprint density at radius 2 is 1.86 bits per heavy atom. The van der Waals surface area contributed by atoms with Gasteiger partial charge in [0.2, 0.25) is 0 Å². The first kappa shape index (κ1) is 11.3. The quantitative estimate of drug-likeness (QED) is 0.410. The molecule has 0 spiro atoms. The van der Waals surface area contributed by atoms with Crippen molar-refractivity contribution in [3.8, 4) is 0 Å². The van der Waals surface area contributed by atoms with Crippen molar-refractivity contribution in [3.05, 3.63) is 24.3 Å². The first-order chi connectivity index (χ1) is 6.42. The van der Waals surface area contributed by atoms with Crippen molar-refractivity contribution in [1.29, 1.82) is 0 Å². The molecule has 0 aliphatic carbocycles. The van der Waals surface area contributed by atoms with Crippen LogP contribution in [0.3, 0.4) is 0 Å². The Kier molecular flexibility index (Phi) is 3.35. The zero-order valence-electron chi connectivity index (χ0n) is 6.97. The molecule has 0 atom stereocenters. The molecule has 0 aliphatic rings. The highest BCUT2D eigenvalue weighted by Crippen LogP contribution is 2.11. The Morgan fingerprint density at radius 3 is 2.29 bits per heavy atom. The van der Waals surface area contributed by atoms with Crippen LogP contribution >= 0.6 is 24.8 Å². The van der Waals surface area contributed by atoms with E-state index in [4.69, 9.17) is 5.73 Å². The SMILES string of the molecule is Nc1ccc(S(=O)(=O)NC(=S)S)cc1. The van der Waals surface area contributed by atoms with Gasteiger partial charge in [-0.2, -0.15) is 0 Å². The van der Waals surface area contributed by atoms with E-state index in [0.717, 1.165) is 0 Å². The van der Waals surface area contributed by atoms with Gasteiger partial charge in [-0.15, -0.1) is 12.6 Å². The van der Waals surface area contributed by atoms with Crippen LogP contribution in [0.5, 0.6) is 0 Å². The van der Waals surface area contributed by atoms with Gasteiger partial charge in [-0.1, -0.05) is 12.2 Å². The maximum Gasteiger partial charge on any atom is 0.262 e. The summed E-state index contributed by atoms with van der Waals surface area (Å²) in [5, 5.41) is 0. The molecule has 0 bridgehead atoms. The van der Waals surface area contributed by atoms with E-state index in [1.807, 2.05) is 0 Å². The molecule has 0 amide bonds. The number of anilines is 1. The summed E-state index contributed by atoms with van der Waals surface area (Å²) >= 11 is 8.20. The fourth-order valence-corrected chi connectivity index (χ4v) is 2.35. The second kappa shape index (κ2) is 4.16. The van der Waals surface area contributed by atoms with Crippen LogP contribution in [-0.4, -0.2) is 12.7 Å². The molecule has 1 aromatic carbocycles. The largest absolute Gasteiger partial charge is 0.399 e. The number of thiocarbonyl (C=S) groups is 1. The van der Waals surface area contributed by atoms with Gasteiger partial charge in [-0.05, 0) is 24.3 Å². The minimum atomic E-state index is -3.60. The van der Waals surface area contributed by atoms with Crippen LogP contribution in [0.2, 0.25) is 0 Å². The van der Waals surface area contributed by atoms with Gasteiger partial charge in [0.05, 0.1) is 4.90 Å². The molecule has 0 radical (unpaired) electrons. The second-order valence-electron chi connectivity index (χ2n) is 2.48. The van der Waals surface area contributed by atoms with Crippen molar-refractivity contribution < 1.29 is 8.42 Å². The molecule has 1 rings (SSSR count). The van der Waals surface area contributed by atoms with E-state index in [-0.39, 0.29) is 9.22 Å². The predicted molar refractivity (Wildman–Crippen MR) is 62.8 cm³/mol. The van der Waals surface area contributed by atoms with E-state index in [1.165, 1.54) is 24.3 Å². The Bertz CT molecular complexity index is 439. The minimum Gasteiger partial charge on any atom is -0.399 e. The molecule has 0 heterocycles. The number of nitrogens with one attached hydrogen (secondary N) is 1. The smallest absolute Gasteiger partial charge is 0.262 e. The van der Waals surface area contributed by atoms with Crippen LogP contribution in [-0.2, 0) is 10.0 Å². The summed E-state index contributed by atoms with van der Waals surface area (Å²) in [5.41, 5.74) is 5.91. The van der Waals surface area contributed by atoms with Crippen LogP contribution in [0.15, 0.2) is 29.2 Å². The van der Waals surface area contributed by atoms with Crippen LogP contribution in [0.1, 0.15) is 0 Å². The third-order valence-electron chi connectivity index (χ3n) is 1.41. The summed E-state index contributed by atoms with van der Waals surface area (Å²) < 4.78 is 24.9. The van der Waals surface area contributed by atoms with E-state index in [9.17, 15) is 8.42 Å². The van der Waals surface area contributed by atoms with Crippen LogP contribution in [0.25, 0.3) is 0 Å². The molecule has 0 unspecified atom stereocenters. The third-order valence-corrected chi connectivity index (χ3v) is 3.27. The van der Waals surface area contributed by atoms with Gasteiger partial charge in [0, 0.05) is 5.69 Å². The summed E-state index contributed by atoms with van der Waals surface area (Å²) in [7, 11) is -3.60. The van der Waals surface area contributed by atoms with E-state index in [0.29, 0.717) is 5.69 Å². The minimum absolute atomic E-state index is 0.0955. The van der Waals surface area contributed by atoms with Crippen LogP contribution < -0.4 is 10.5 Å². The average Bonchev–Trinajstić information content (AvgIpc) is 2.02. The lowest BCUT2D eigenvalue weighted by Crippen LogP contribution is -2.25. The molecule has 7 heteroatoms. The molecular formula is C7H8N2O2S3. The highest BCUT2D eigenvalue weighted by atomic mass is 32.2. The van der Waals surface area contributed by atoms with Crippen LogP contribution in [0.4, 0.5) is 5.69 Å². The average molecular weight is 248 g/mol. The van der Waals surface area contributed by atoms with E-state index >= 15 is 0 Å². The van der Waals surface area contributed by atoms with Gasteiger partial charge in [-0.3, -0.25) is 4.72 Å². The first-order valence-electron chi connectivity index (χ1n) is 3.53. The number of rotatable bonds is 2. The lowest BCUT2D eigenvalue weighted by atomic mass is 10.3. The van der Waals surface area contributed by atoms with Crippen molar-refractivity contribution in [3.63, 3.8) is 0 Å². The van der Waals surface area contributed by atoms with Crippen molar-refractivity contribution in [2.75, 3.05) is 5.73 Å². The molecule has 4 nitrogen and oxygen atoms in total. The Morgan fingerprint density at radius 1 is 1.36 bits per heavy atom. The fourth-order valence-electron chi connectivity index (χ4n) is 0.821. The van der Waals surface area contributed by atoms with E-state index in [1.54, 1.807) is 0 Å². The zero-order valence-corrected chi connectivity index (χ0v) is 9.49. The first-order valence-corrected chi connectivity index (χ1v) is 5.87. The lowest BCUT2D eigenvalue weighted by molar-refractivity contribution is 0.593. The standard InChI is InChI=1S/C7H8N2O2S3/c8-5-1-3-6(4-2-5)14(10,11)9-7(12)13/h1-4H,8H2,(H2,9,12,13). The predicted octanol–water partition coefficient (Wildman–Crippen LogP) is 0.762. The molecule has 1 aromatic rings. The number of thiol groups is 1. The molecule has 3 N–H and O–H groups in total. The number of sulfonamides is 1. The fraction of sp³-hybridized carbons (Fsp3) is 0. The monoisotopic (exact) mass is 248 g/mol. The highest BCUT2D eigenvalue weighted by Gasteiger charge is 2.13. The molecule has 0 aliphatic heterocycles. The summed E-state index contributed by atoms with van der Waals surface area (Å²) in [5.74, 6) is 0. The summed E-state index contributed by atoms with van der Waals surface area (Å²) in [6, 6.07) is 5.78. The zero-order chi connectivity index (χ0) is 10.8. The highest BCUT2D eigenvalue weighted by molar-refractivity contribution is 8.12. The Labute approximate surface area is 93.0 Å². The van der Waals surface area contributed by atoms with Gasteiger partial charge >= 0.3 is 0 Å². The van der Waals surface area contributed by atoms with Gasteiger partial charge < -0.3 is 5.73 Å². The third kappa shape index (κ3) is 2.86. The Hall–Kier alpha value is -0.790. The molecule has 0 saturated heterocycles. The molecule has 0 saturated carbocycles. The van der Waals surface area contributed by atoms with Gasteiger partial charge in [0.25, 0.3) is 10.0 Å². The van der Waals surface area contributed by atoms with E-state index in [2.05, 4.69) is 29.6 Å². The summed E-state index contributed by atoms with van der Waals surface area (Å²) in [6.45, 7) is 0. The summed E-state index contributed by atoms with van der Waals surface area (Å²) in [4.78, 5) is 0.100. The van der Waals surface area contributed by atoms with Crippen molar-refractivity contribution in [2.24, 2.45) is 0 Å². The molecule has 14 heavy (non-hydrogen) atoms. The van der Waals surface area contributed by atoms with Gasteiger partial charge in [-0.25, -0.2) is 8.42 Å².